The predicted octanol–water partition coefficient (Wildman–Crippen LogP) is 19.4. The molecule has 0 bridgehead atoms. The summed E-state index contributed by atoms with van der Waals surface area (Å²) in [5, 5.41) is 0. The van der Waals surface area contributed by atoms with Crippen molar-refractivity contribution in [3.63, 3.8) is 0 Å². The smallest absolute Gasteiger partial charge is 0.0529 e. The number of rotatable bonds is 0. The molecule has 0 fully saturated rings. The molecule has 5 heterocycles. The number of benzene rings is 5. The molecule has 5 aliphatic carbocycles. The van der Waals surface area contributed by atoms with E-state index in [2.05, 4.69) is 236 Å². The zero-order chi connectivity index (χ0) is 60.8. The Morgan fingerprint density at radius 3 is 1.35 bits per heavy atom. The number of pyridine rings is 5. The molecule has 0 unspecified atom stereocenters. The van der Waals surface area contributed by atoms with Crippen molar-refractivity contribution in [2.75, 3.05) is 0 Å². The van der Waals surface area contributed by atoms with Crippen LogP contribution in [0.3, 0.4) is 0 Å². The van der Waals surface area contributed by atoms with E-state index in [0.717, 1.165) is 43.5 Å². The van der Waals surface area contributed by atoms with Gasteiger partial charge in [-0.05, 0) is 319 Å². The summed E-state index contributed by atoms with van der Waals surface area (Å²) in [5.41, 5.74) is 54.5. The van der Waals surface area contributed by atoms with Gasteiger partial charge in [0.2, 0.25) is 0 Å². The van der Waals surface area contributed by atoms with E-state index in [1.165, 1.54) is 212 Å². The quantitative estimate of drug-likeness (QED) is 0.151. The molecule has 85 heavy (non-hydrogen) atoms. The van der Waals surface area contributed by atoms with Crippen LogP contribution in [-0.2, 0) is 32.1 Å². The molecule has 15 rings (SSSR count). The van der Waals surface area contributed by atoms with Crippen LogP contribution in [0.4, 0.5) is 0 Å². The van der Waals surface area contributed by atoms with E-state index < -0.39 is 0 Å². The SMILES string of the molecule is Cc1cc2c(c(C)c1C)-c1c(C)ccnc1C2.Cc1cc2c(cc1C)-c1c(ncc(C)c1C)C2.Cc1ccc2c(n1)Cc1c-2cc(C)c(C)c1C.Cc1ccc2c(n1)Cc1cc(C)c(C)c(C)c1-2.Cc1cnc2c(c1)-c1c(cc(C)c(C)c1C)C2. The molecule has 0 saturated carbocycles. The van der Waals surface area contributed by atoms with Gasteiger partial charge in [0.1, 0.15) is 0 Å². The minimum absolute atomic E-state index is 0.993. The van der Waals surface area contributed by atoms with Crippen molar-refractivity contribution < 1.29 is 0 Å². The topological polar surface area (TPSA) is 64.5 Å². The van der Waals surface area contributed by atoms with E-state index >= 15 is 0 Å². The molecule has 5 aliphatic rings. The average Bonchev–Trinajstić information content (AvgIpc) is 2.28. The fourth-order valence-electron chi connectivity index (χ4n) is 14.0. The van der Waals surface area contributed by atoms with Crippen LogP contribution in [0, 0.1) is 138 Å². The van der Waals surface area contributed by atoms with Crippen molar-refractivity contribution in [2.24, 2.45) is 0 Å². The standard InChI is InChI=1S/5C16H17N/c1-9-5-13-7-15-16(14(13)6-10(9)2)12(4)11(3)8-17-15;1-9-5-14-15(17-8-9)7-13-6-10(2)11(3)12(4)16(13)14;1-9-7-13-8-15-14(6-5-10(2)17-15)16(13)12(4)11(9)3;1-9-7-15-13-6-5-10(2)17-16(13)8-14(15)12(4)11(9)3;1-9-5-6-17-14-8-13-7-10(2)11(3)12(4)16(13)15(9)14/h2*5-6,8H,7H2,1-4H3;3*5-7H,8H2,1-4H3. The molecule has 5 nitrogen and oxygen atoms in total. The second-order valence-electron chi connectivity index (χ2n) is 25.6. The minimum atomic E-state index is 0.993. The van der Waals surface area contributed by atoms with Crippen LogP contribution >= 0.6 is 0 Å². The van der Waals surface area contributed by atoms with Crippen LogP contribution in [0.2, 0.25) is 0 Å². The molecule has 0 N–H and O–H groups in total. The molecule has 0 amide bonds. The van der Waals surface area contributed by atoms with E-state index in [9.17, 15) is 0 Å². The third-order valence-electron chi connectivity index (χ3n) is 20.1. The molecule has 5 aromatic heterocycles. The zero-order valence-electron chi connectivity index (χ0n) is 54.4. The lowest BCUT2D eigenvalue weighted by Gasteiger charge is -2.13. The molecule has 0 saturated heterocycles. The van der Waals surface area contributed by atoms with Crippen LogP contribution < -0.4 is 0 Å². The van der Waals surface area contributed by atoms with E-state index in [1.54, 1.807) is 0 Å². The first kappa shape index (κ1) is 58.6. The number of nitrogens with zero attached hydrogens (tertiary/aromatic N) is 5. The largest absolute Gasteiger partial charge is 0.260 e. The van der Waals surface area contributed by atoms with Gasteiger partial charge in [0.25, 0.3) is 0 Å². The van der Waals surface area contributed by atoms with Crippen LogP contribution in [0.1, 0.15) is 168 Å². The molecule has 0 aliphatic heterocycles. The van der Waals surface area contributed by atoms with Gasteiger partial charge >= 0.3 is 0 Å². The summed E-state index contributed by atoms with van der Waals surface area (Å²) in [6.45, 7) is 43.7. The molecular formula is C80H85N5. The molecule has 10 aromatic rings. The van der Waals surface area contributed by atoms with Crippen LogP contribution in [0.15, 0.2) is 91.4 Å². The van der Waals surface area contributed by atoms with Gasteiger partial charge in [-0.2, -0.15) is 0 Å². The Balaban J connectivity index is 0.000000111. The second-order valence-corrected chi connectivity index (χ2v) is 25.6. The van der Waals surface area contributed by atoms with Crippen molar-refractivity contribution in [1.29, 1.82) is 0 Å². The summed E-state index contributed by atoms with van der Waals surface area (Å²) in [5.74, 6) is 0. The van der Waals surface area contributed by atoms with E-state index in [4.69, 9.17) is 0 Å². The molecule has 0 radical (unpaired) electrons. The summed E-state index contributed by atoms with van der Waals surface area (Å²) < 4.78 is 0. The minimum Gasteiger partial charge on any atom is -0.260 e. The fraction of sp³-hybridized carbons (Fsp3) is 0.312. The Kier molecular flexibility index (Phi) is 15.6. The first-order valence-electron chi connectivity index (χ1n) is 30.7. The summed E-state index contributed by atoms with van der Waals surface area (Å²) in [7, 11) is 0. The number of hydrogen-bond acceptors (Lipinski definition) is 5. The Morgan fingerprint density at radius 2 is 0.718 bits per heavy atom. The van der Waals surface area contributed by atoms with Gasteiger partial charge in [-0.3, -0.25) is 24.9 Å². The van der Waals surface area contributed by atoms with Crippen LogP contribution in [-0.4, -0.2) is 24.9 Å². The third-order valence-corrected chi connectivity index (χ3v) is 20.1. The molecule has 0 atom stereocenters. The first-order chi connectivity index (χ1) is 40.4. The number of aromatic nitrogens is 5. The van der Waals surface area contributed by atoms with Crippen LogP contribution in [0.25, 0.3) is 55.6 Å². The summed E-state index contributed by atoms with van der Waals surface area (Å²) >= 11 is 0. The normalized spacial score (nSPS) is 12.5. The summed E-state index contributed by atoms with van der Waals surface area (Å²) in [6.07, 6.45) is 10.9. The highest BCUT2D eigenvalue weighted by molar-refractivity contribution is 5.84. The highest BCUT2D eigenvalue weighted by Crippen LogP contribution is 2.45. The van der Waals surface area contributed by atoms with Crippen molar-refractivity contribution >= 4 is 0 Å². The molecule has 0 spiro atoms. The van der Waals surface area contributed by atoms with E-state index in [0.29, 0.717) is 0 Å². The second kappa shape index (κ2) is 22.7. The molecule has 5 aromatic carbocycles. The van der Waals surface area contributed by atoms with Crippen molar-refractivity contribution in [1.82, 2.24) is 24.9 Å². The predicted molar refractivity (Wildman–Crippen MR) is 357 cm³/mol. The maximum atomic E-state index is 4.67. The maximum Gasteiger partial charge on any atom is 0.0529 e. The van der Waals surface area contributed by atoms with E-state index in [-0.39, 0.29) is 0 Å². The van der Waals surface area contributed by atoms with Gasteiger partial charge in [0.05, 0.1) is 28.5 Å². The van der Waals surface area contributed by atoms with Crippen molar-refractivity contribution in [2.45, 2.75) is 171 Å². The van der Waals surface area contributed by atoms with Gasteiger partial charge in [0.15, 0.2) is 0 Å². The Bertz CT molecular complexity index is 4430. The molecule has 5 heteroatoms. The fourth-order valence-corrected chi connectivity index (χ4v) is 14.0. The Labute approximate surface area is 507 Å². The Hall–Kier alpha value is -8.15. The highest BCUT2D eigenvalue weighted by atomic mass is 14.7. The van der Waals surface area contributed by atoms with Gasteiger partial charge in [0, 0.05) is 89.9 Å². The number of aryl methyl sites for hydroxylation is 11. The van der Waals surface area contributed by atoms with Gasteiger partial charge < -0.3 is 0 Å². The Morgan fingerprint density at radius 1 is 0.259 bits per heavy atom. The van der Waals surface area contributed by atoms with Gasteiger partial charge in [-0.15, -0.1) is 0 Å². The first-order valence-corrected chi connectivity index (χ1v) is 30.7. The maximum absolute atomic E-state index is 4.67. The van der Waals surface area contributed by atoms with Crippen LogP contribution in [0.5, 0.6) is 0 Å². The lowest BCUT2D eigenvalue weighted by molar-refractivity contribution is 1.06. The van der Waals surface area contributed by atoms with Gasteiger partial charge in [-0.1, -0.05) is 48.5 Å². The number of fused-ring (bicyclic) bond motifs is 15. The highest BCUT2D eigenvalue weighted by Gasteiger charge is 2.28. The lowest BCUT2D eigenvalue weighted by Crippen LogP contribution is -1.94. The lowest BCUT2D eigenvalue weighted by atomic mass is 9.92. The summed E-state index contributed by atoms with van der Waals surface area (Å²) in [4.78, 5) is 23.0. The zero-order valence-corrected chi connectivity index (χ0v) is 54.4. The summed E-state index contributed by atoms with van der Waals surface area (Å²) in [6, 6.07) is 27.0. The molecule has 430 valence electrons. The number of hydrogen-bond donors (Lipinski definition) is 0. The van der Waals surface area contributed by atoms with Crippen molar-refractivity contribution in [3.05, 3.63) is 259 Å². The monoisotopic (exact) mass is 1120 g/mol. The van der Waals surface area contributed by atoms with E-state index in [1.807, 2.05) is 18.6 Å². The van der Waals surface area contributed by atoms with Crippen molar-refractivity contribution in [3.8, 4) is 55.6 Å². The third kappa shape index (κ3) is 10.6. The average molecular weight is 1120 g/mol. The van der Waals surface area contributed by atoms with Gasteiger partial charge in [-0.25, -0.2) is 0 Å². The molecular weight excluding hydrogens is 1030 g/mol.